The predicted molar refractivity (Wildman–Crippen MR) is 232 cm³/mol. The Balaban J connectivity index is 4.09. The summed E-state index contributed by atoms with van der Waals surface area (Å²) in [4.78, 5) is 34.5. The number of ether oxygens (including phenoxy) is 2. The fourth-order valence-electron chi connectivity index (χ4n) is 5.05. The van der Waals surface area contributed by atoms with Crippen molar-refractivity contribution in [3.8, 4) is 0 Å². The Morgan fingerprint density at radius 1 is 0.491 bits per heavy atom. The third kappa shape index (κ3) is 39.5. The summed E-state index contributed by atoms with van der Waals surface area (Å²) in [7, 11) is -4.67. The number of carbonyl (C=O) groups is 2. The van der Waals surface area contributed by atoms with E-state index in [2.05, 4.69) is 92.8 Å². The van der Waals surface area contributed by atoms with Crippen molar-refractivity contribution in [3.05, 3.63) is 97.2 Å². The number of allylic oxidation sites excluding steroid dienone is 16. The number of rotatable bonds is 38. The monoisotopic (exact) mass is 819 g/mol. The van der Waals surface area contributed by atoms with Gasteiger partial charge < -0.3 is 24.6 Å². The topological polar surface area (TPSA) is 149 Å². The minimum absolute atomic E-state index is 0.0602. The van der Waals surface area contributed by atoms with E-state index in [1.54, 1.807) is 0 Å². The standard InChI is InChI=1S/C46H75O10P/c1-3-5-7-9-11-13-15-17-19-20-21-22-24-26-28-30-32-34-36-38-46(50)56-44(40-48)42-54-57(51,52)53-41-43(39-47)55-45(49)37-35-33-31-29-27-25-23-18-16-14-12-10-8-6-4-2/h5,7,11-14,17-19,21-23,26,28,32,34,43-44,47-48H,3-4,6,8-10,15-16,20,24-25,27,29-31,33,35-42H2,1-2H3,(H,51,52)/b7-5-,13-11-,14-12-,19-17-,22-21-,23-18-,28-26-,34-32-. The van der Waals surface area contributed by atoms with Crippen LogP contribution in [0.4, 0.5) is 0 Å². The van der Waals surface area contributed by atoms with E-state index in [1.807, 2.05) is 18.2 Å². The molecule has 0 spiro atoms. The summed E-state index contributed by atoms with van der Waals surface area (Å²) < 4.78 is 32.4. The molecule has 0 amide bonds. The maximum absolute atomic E-state index is 12.4. The van der Waals surface area contributed by atoms with Gasteiger partial charge in [-0.25, -0.2) is 4.57 Å². The van der Waals surface area contributed by atoms with Crippen LogP contribution >= 0.6 is 7.82 Å². The lowest BCUT2D eigenvalue weighted by Gasteiger charge is -2.20. The second-order valence-electron chi connectivity index (χ2n) is 13.6. The molecule has 10 nitrogen and oxygen atoms in total. The predicted octanol–water partition coefficient (Wildman–Crippen LogP) is 11.2. The lowest BCUT2D eigenvalue weighted by atomic mass is 10.1. The van der Waals surface area contributed by atoms with Gasteiger partial charge in [0.15, 0.2) is 0 Å². The van der Waals surface area contributed by atoms with Gasteiger partial charge in [-0.05, 0) is 83.5 Å². The first kappa shape index (κ1) is 53.9. The first-order valence-corrected chi connectivity index (χ1v) is 22.7. The highest BCUT2D eigenvalue weighted by Gasteiger charge is 2.27. The molecule has 0 fully saturated rings. The molecule has 3 atom stereocenters. The van der Waals surface area contributed by atoms with Crippen LogP contribution in [-0.2, 0) is 32.7 Å². The number of unbranched alkanes of at least 4 members (excludes halogenated alkanes) is 8. The Labute approximate surface area is 344 Å². The van der Waals surface area contributed by atoms with Gasteiger partial charge in [-0.1, -0.05) is 143 Å². The third-order valence-corrected chi connectivity index (χ3v) is 9.24. The number of carbonyl (C=O) groups excluding carboxylic acids is 2. The number of phosphoric acid groups is 1. The van der Waals surface area contributed by atoms with Crippen molar-refractivity contribution in [2.24, 2.45) is 0 Å². The van der Waals surface area contributed by atoms with Gasteiger partial charge >= 0.3 is 19.8 Å². The first-order valence-electron chi connectivity index (χ1n) is 21.2. The van der Waals surface area contributed by atoms with Gasteiger partial charge in [0.2, 0.25) is 0 Å². The van der Waals surface area contributed by atoms with Crippen LogP contribution in [0.25, 0.3) is 0 Å². The molecule has 0 aliphatic rings. The molecule has 0 bridgehead atoms. The summed E-state index contributed by atoms with van der Waals surface area (Å²) in [5.41, 5.74) is 0. The van der Waals surface area contributed by atoms with Crippen LogP contribution < -0.4 is 0 Å². The van der Waals surface area contributed by atoms with Crippen molar-refractivity contribution < 1.29 is 47.8 Å². The zero-order chi connectivity index (χ0) is 41.9. The van der Waals surface area contributed by atoms with Gasteiger partial charge in [-0.2, -0.15) is 0 Å². The highest BCUT2D eigenvalue weighted by Crippen LogP contribution is 2.43. The van der Waals surface area contributed by atoms with Crippen LogP contribution in [0.1, 0.15) is 142 Å². The Morgan fingerprint density at radius 3 is 1.30 bits per heavy atom. The van der Waals surface area contributed by atoms with Crippen LogP contribution in [0.5, 0.6) is 0 Å². The number of aliphatic hydroxyl groups is 2. The Morgan fingerprint density at radius 2 is 0.860 bits per heavy atom. The van der Waals surface area contributed by atoms with E-state index in [1.165, 1.54) is 19.3 Å². The van der Waals surface area contributed by atoms with Crippen LogP contribution in [0, 0.1) is 0 Å². The van der Waals surface area contributed by atoms with E-state index in [-0.39, 0.29) is 12.8 Å². The normalized spacial score (nSPS) is 14.8. The first-order chi connectivity index (χ1) is 27.8. The summed E-state index contributed by atoms with van der Waals surface area (Å²) >= 11 is 0. The number of phosphoric ester groups is 1. The largest absolute Gasteiger partial charge is 0.472 e. The molecule has 3 unspecified atom stereocenters. The maximum atomic E-state index is 12.4. The third-order valence-electron chi connectivity index (χ3n) is 8.29. The average molecular weight is 819 g/mol. The quantitative estimate of drug-likeness (QED) is 0.0238. The molecule has 0 aromatic carbocycles. The fourth-order valence-corrected chi connectivity index (χ4v) is 5.83. The number of hydrogen-bond acceptors (Lipinski definition) is 9. The molecule has 0 aromatic rings. The molecule has 0 aliphatic heterocycles. The van der Waals surface area contributed by atoms with Crippen molar-refractivity contribution in [2.75, 3.05) is 26.4 Å². The van der Waals surface area contributed by atoms with Gasteiger partial charge in [0.25, 0.3) is 0 Å². The van der Waals surface area contributed by atoms with Gasteiger partial charge in [-0.3, -0.25) is 18.6 Å². The summed E-state index contributed by atoms with van der Waals surface area (Å²) in [6.45, 7) is 1.94. The minimum atomic E-state index is -4.67. The highest BCUT2D eigenvalue weighted by atomic mass is 31.2. The van der Waals surface area contributed by atoms with Crippen LogP contribution in [0.3, 0.4) is 0 Å². The smallest absolute Gasteiger partial charge is 0.457 e. The molecule has 0 saturated carbocycles. The molecule has 0 saturated heterocycles. The lowest BCUT2D eigenvalue weighted by molar-refractivity contribution is -0.153. The molecule has 0 aromatic heterocycles. The molecule has 11 heteroatoms. The Bertz CT molecular complexity index is 1260. The van der Waals surface area contributed by atoms with Crippen molar-refractivity contribution in [2.45, 2.75) is 154 Å². The second kappa shape index (κ2) is 41.1. The van der Waals surface area contributed by atoms with Gasteiger partial charge in [0, 0.05) is 12.8 Å². The molecule has 0 heterocycles. The molecule has 3 N–H and O–H groups in total. The number of esters is 2. The summed E-state index contributed by atoms with van der Waals surface area (Å²) in [5, 5.41) is 19.1. The van der Waals surface area contributed by atoms with E-state index in [0.29, 0.717) is 12.8 Å². The van der Waals surface area contributed by atoms with E-state index in [0.717, 1.165) is 83.5 Å². The fraction of sp³-hybridized carbons (Fsp3) is 0.609. The average Bonchev–Trinajstić information content (AvgIpc) is 3.20. The summed E-state index contributed by atoms with van der Waals surface area (Å²) in [6, 6.07) is 0. The van der Waals surface area contributed by atoms with Gasteiger partial charge in [-0.15, -0.1) is 0 Å². The van der Waals surface area contributed by atoms with Crippen LogP contribution in [0.2, 0.25) is 0 Å². The molecule has 0 aliphatic carbocycles. The van der Waals surface area contributed by atoms with E-state index in [4.69, 9.17) is 18.5 Å². The van der Waals surface area contributed by atoms with Crippen LogP contribution in [-0.4, -0.2) is 65.7 Å². The minimum Gasteiger partial charge on any atom is -0.457 e. The molecule has 57 heavy (non-hydrogen) atoms. The van der Waals surface area contributed by atoms with Crippen molar-refractivity contribution in [1.29, 1.82) is 0 Å². The highest BCUT2D eigenvalue weighted by molar-refractivity contribution is 7.47. The molecule has 0 radical (unpaired) electrons. The van der Waals surface area contributed by atoms with E-state index < -0.39 is 58.4 Å². The second-order valence-corrected chi connectivity index (χ2v) is 15.0. The van der Waals surface area contributed by atoms with E-state index in [9.17, 15) is 29.3 Å². The molecule has 0 rings (SSSR count). The van der Waals surface area contributed by atoms with Gasteiger partial charge in [0.05, 0.1) is 26.4 Å². The van der Waals surface area contributed by atoms with Crippen molar-refractivity contribution in [3.63, 3.8) is 0 Å². The zero-order valence-corrected chi connectivity index (χ0v) is 35.9. The lowest BCUT2D eigenvalue weighted by Crippen LogP contribution is -2.28. The molecular weight excluding hydrogens is 743 g/mol. The maximum Gasteiger partial charge on any atom is 0.472 e. The molecule has 324 valence electrons. The molecular formula is C46H75O10P. The summed E-state index contributed by atoms with van der Waals surface area (Å²) in [6.07, 6.45) is 49.6. The van der Waals surface area contributed by atoms with Crippen LogP contribution in [0.15, 0.2) is 97.2 Å². The summed E-state index contributed by atoms with van der Waals surface area (Å²) in [5.74, 6) is -1.13. The van der Waals surface area contributed by atoms with Crippen molar-refractivity contribution >= 4 is 19.8 Å². The zero-order valence-electron chi connectivity index (χ0n) is 35.0. The Hall–Kier alpha value is -3.11. The van der Waals surface area contributed by atoms with Gasteiger partial charge in [0.1, 0.15) is 12.2 Å². The van der Waals surface area contributed by atoms with E-state index >= 15 is 0 Å². The number of hydrogen-bond donors (Lipinski definition) is 3. The SMILES string of the molecule is CC/C=C\C/C=C\C/C=C\C/C=C\C/C=C\C/C=C\CCC(=O)OC(CO)COP(=O)(O)OCC(CO)OC(=O)CCCCCCC/C=C\C/C=C\CCCCC. The number of aliphatic hydroxyl groups excluding tert-OH is 2. The Kier molecular flexibility index (Phi) is 38.8. The van der Waals surface area contributed by atoms with Crippen molar-refractivity contribution in [1.82, 2.24) is 0 Å².